The van der Waals surface area contributed by atoms with Crippen molar-refractivity contribution in [2.45, 2.75) is 58.5 Å². The number of hydrogen-bond donors (Lipinski definition) is 0. The van der Waals surface area contributed by atoms with Crippen LogP contribution in [-0.2, 0) is 9.53 Å². The molecule has 3 heteroatoms. The molecule has 1 aliphatic rings. The van der Waals surface area contributed by atoms with E-state index in [9.17, 15) is 4.79 Å². The van der Waals surface area contributed by atoms with Gasteiger partial charge in [0.1, 0.15) is 6.04 Å². The lowest BCUT2D eigenvalue weighted by Gasteiger charge is -2.31. The number of esters is 1. The number of nitrogens with zero attached hydrogens (tertiary/aromatic N) is 1. The summed E-state index contributed by atoms with van der Waals surface area (Å²) in [6.07, 6.45) is 4.97. The standard InChI is InChI=1S/C12H23NO2/c1-4-15-12(14)11(3)13-9-7-5-6-8-10(13)2/h10-11H,4-9H2,1-3H3. The third kappa shape index (κ3) is 3.49. The molecule has 0 spiro atoms. The van der Waals surface area contributed by atoms with Crippen LogP contribution in [0.15, 0.2) is 0 Å². The fourth-order valence-electron chi connectivity index (χ4n) is 2.27. The zero-order valence-corrected chi connectivity index (χ0v) is 10.2. The normalized spacial score (nSPS) is 25.7. The van der Waals surface area contributed by atoms with Crippen molar-refractivity contribution >= 4 is 5.97 Å². The van der Waals surface area contributed by atoms with Gasteiger partial charge in [-0.2, -0.15) is 0 Å². The van der Waals surface area contributed by atoms with Crippen LogP contribution in [0.1, 0.15) is 46.5 Å². The van der Waals surface area contributed by atoms with E-state index < -0.39 is 0 Å². The minimum absolute atomic E-state index is 0.0775. The lowest BCUT2D eigenvalue weighted by atomic mass is 10.1. The Morgan fingerprint density at radius 3 is 2.87 bits per heavy atom. The molecule has 3 nitrogen and oxygen atoms in total. The van der Waals surface area contributed by atoms with E-state index in [1.54, 1.807) is 0 Å². The molecule has 88 valence electrons. The summed E-state index contributed by atoms with van der Waals surface area (Å²) in [5, 5.41) is 0. The number of likely N-dealkylation sites (tertiary alicyclic amines) is 1. The zero-order chi connectivity index (χ0) is 11.3. The van der Waals surface area contributed by atoms with Gasteiger partial charge in [-0.3, -0.25) is 9.69 Å². The third-order valence-electron chi connectivity index (χ3n) is 3.23. The fraction of sp³-hybridized carbons (Fsp3) is 0.917. The molecule has 0 aromatic rings. The third-order valence-corrected chi connectivity index (χ3v) is 3.23. The van der Waals surface area contributed by atoms with Crippen LogP contribution >= 0.6 is 0 Å². The highest BCUT2D eigenvalue weighted by molar-refractivity contribution is 5.75. The van der Waals surface area contributed by atoms with Gasteiger partial charge in [-0.1, -0.05) is 12.8 Å². The second kappa shape index (κ2) is 6.11. The van der Waals surface area contributed by atoms with E-state index in [2.05, 4.69) is 11.8 Å². The summed E-state index contributed by atoms with van der Waals surface area (Å²) in [7, 11) is 0. The van der Waals surface area contributed by atoms with Crippen LogP contribution in [0.25, 0.3) is 0 Å². The van der Waals surface area contributed by atoms with Crippen molar-refractivity contribution in [2.75, 3.05) is 13.2 Å². The monoisotopic (exact) mass is 213 g/mol. The van der Waals surface area contributed by atoms with Gasteiger partial charge in [-0.05, 0) is 40.2 Å². The molecule has 15 heavy (non-hydrogen) atoms. The van der Waals surface area contributed by atoms with Gasteiger partial charge in [0.15, 0.2) is 0 Å². The van der Waals surface area contributed by atoms with E-state index in [1.165, 1.54) is 25.7 Å². The average molecular weight is 213 g/mol. The summed E-state index contributed by atoms with van der Waals surface area (Å²) < 4.78 is 5.07. The van der Waals surface area contributed by atoms with Crippen molar-refractivity contribution in [3.05, 3.63) is 0 Å². The number of carbonyl (C=O) groups excluding carboxylic acids is 1. The molecule has 0 bridgehead atoms. The highest BCUT2D eigenvalue weighted by Crippen LogP contribution is 2.19. The Bertz CT molecular complexity index is 206. The Balaban J connectivity index is 2.54. The molecule has 1 saturated heterocycles. The van der Waals surface area contributed by atoms with Crippen molar-refractivity contribution < 1.29 is 9.53 Å². The van der Waals surface area contributed by atoms with Gasteiger partial charge >= 0.3 is 5.97 Å². The van der Waals surface area contributed by atoms with Gasteiger partial charge < -0.3 is 4.74 Å². The van der Waals surface area contributed by atoms with Crippen molar-refractivity contribution in [1.82, 2.24) is 4.90 Å². The van der Waals surface area contributed by atoms with Crippen LogP contribution in [0.3, 0.4) is 0 Å². The molecule has 2 atom stereocenters. The molecule has 0 radical (unpaired) electrons. The van der Waals surface area contributed by atoms with E-state index in [0.717, 1.165) is 6.54 Å². The largest absolute Gasteiger partial charge is 0.465 e. The van der Waals surface area contributed by atoms with E-state index >= 15 is 0 Å². The van der Waals surface area contributed by atoms with Gasteiger partial charge in [0.25, 0.3) is 0 Å². The highest BCUT2D eigenvalue weighted by Gasteiger charge is 2.27. The SMILES string of the molecule is CCOC(=O)C(C)N1CCCCCC1C. The molecule has 2 unspecified atom stereocenters. The van der Waals surface area contributed by atoms with Crippen LogP contribution < -0.4 is 0 Å². The first-order chi connectivity index (χ1) is 7.16. The molecule has 0 aliphatic carbocycles. The van der Waals surface area contributed by atoms with Crippen LogP contribution in [0, 0.1) is 0 Å². The Kier molecular flexibility index (Phi) is 5.09. The number of rotatable bonds is 3. The number of hydrogen-bond acceptors (Lipinski definition) is 3. The molecule has 1 heterocycles. The van der Waals surface area contributed by atoms with Gasteiger partial charge in [0, 0.05) is 6.04 Å². The molecule has 0 saturated carbocycles. The van der Waals surface area contributed by atoms with E-state index in [4.69, 9.17) is 4.74 Å². The van der Waals surface area contributed by atoms with Crippen molar-refractivity contribution in [2.24, 2.45) is 0 Å². The fourth-order valence-corrected chi connectivity index (χ4v) is 2.27. The van der Waals surface area contributed by atoms with Crippen molar-refractivity contribution in [3.8, 4) is 0 Å². The Hall–Kier alpha value is -0.570. The summed E-state index contributed by atoms with van der Waals surface area (Å²) in [6.45, 7) is 7.53. The predicted octanol–water partition coefficient (Wildman–Crippen LogP) is 2.20. The molecule has 0 amide bonds. The van der Waals surface area contributed by atoms with Crippen molar-refractivity contribution in [1.29, 1.82) is 0 Å². The summed E-state index contributed by atoms with van der Waals surface area (Å²) in [5.74, 6) is -0.0775. The maximum atomic E-state index is 11.6. The average Bonchev–Trinajstić information content (AvgIpc) is 2.42. The molecule has 1 fully saturated rings. The minimum Gasteiger partial charge on any atom is -0.465 e. The summed E-state index contributed by atoms with van der Waals surface area (Å²) in [6, 6.07) is 0.421. The first-order valence-corrected chi connectivity index (χ1v) is 6.09. The Labute approximate surface area is 92.8 Å². The van der Waals surface area contributed by atoms with Crippen molar-refractivity contribution in [3.63, 3.8) is 0 Å². The maximum absolute atomic E-state index is 11.6. The van der Waals surface area contributed by atoms with Crippen LogP contribution in [0.5, 0.6) is 0 Å². The smallest absolute Gasteiger partial charge is 0.323 e. The number of ether oxygens (including phenoxy) is 1. The zero-order valence-electron chi connectivity index (χ0n) is 10.2. The van der Waals surface area contributed by atoms with E-state index in [1.807, 2.05) is 13.8 Å². The lowest BCUT2D eigenvalue weighted by molar-refractivity contribution is -0.149. The Morgan fingerprint density at radius 2 is 2.20 bits per heavy atom. The minimum atomic E-state index is -0.0851. The summed E-state index contributed by atoms with van der Waals surface area (Å²) in [4.78, 5) is 13.9. The van der Waals surface area contributed by atoms with E-state index in [-0.39, 0.29) is 12.0 Å². The quantitative estimate of drug-likeness (QED) is 0.673. The Morgan fingerprint density at radius 1 is 1.47 bits per heavy atom. The maximum Gasteiger partial charge on any atom is 0.323 e. The molecular formula is C12H23NO2. The van der Waals surface area contributed by atoms with Crippen LogP contribution in [0.2, 0.25) is 0 Å². The molecule has 0 aromatic carbocycles. The van der Waals surface area contributed by atoms with E-state index in [0.29, 0.717) is 12.6 Å². The first-order valence-electron chi connectivity index (χ1n) is 6.09. The van der Waals surface area contributed by atoms with Crippen LogP contribution in [0.4, 0.5) is 0 Å². The first kappa shape index (κ1) is 12.5. The number of carbonyl (C=O) groups is 1. The van der Waals surface area contributed by atoms with Gasteiger partial charge in [-0.25, -0.2) is 0 Å². The second-order valence-corrected chi connectivity index (χ2v) is 4.36. The topological polar surface area (TPSA) is 29.5 Å². The molecular weight excluding hydrogens is 190 g/mol. The molecule has 1 aliphatic heterocycles. The lowest BCUT2D eigenvalue weighted by Crippen LogP contribution is -2.45. The summed E-state index contributed by atoms with van der Waals surface area (Å²) >= 11 is 0. The molecule has 1 rings (SSSR count). The van der Waals surface area contributed by atoms with Gasteiger partial charge in [0.05, 0.1) is 6.61 Å². The second-order valence-electron chi connectivity index (χ2n) is 4.36. The van der Waals surface area contributed by atoms with Crippen LogP contribution in [-0.4, -0.2) is 36.1 Å². The van der Waals surface area contributed by atoms with Gasteiger partial charge in [-0.15, -0.1) is 0 Å². The highest BCUT2D eigenvalue weighted by atomic mass is 16.5. The van der Waals surface area contributed by atoms with Gasteiger partial charge in [0.2, 0.25) is 0 Å². The molecule has 0 aromatic heterocycles. The summed E-state index contributed by atoms with van der Waals surface area (Å²) in [5.41, 5.74) is 0. The molecule has 0 N–H and O–H groups in total. The predicted molar refractivity (Wildman–Crippen MR) is 60.7 cm³/mol.